The van der Waals surface area contributed by atoms with Gasteiger partial charge in [0.05, 0.1) is 12.6 Å². The Morgan fingerprint density at radius 3 is 2.46 bits per heavy atom. The van der Waals surface area contributed by atoms with Gasteiger partial charge < -0.3 is 14.7 Å². The summed E-state index contributed by atoms with van der Waals surface area (Å²) in [6, 6.07) is 19.8. The molecule has 2 aliphatic rings. The first kappa shape index (κ1) is 29.2. The highest BCUT2D eigenvalue weighted by atomic mass is 16.5. The Kier molecular flexibility index (Phi) is 11.3. The fourth-order valence-electron chi connectivity index (χ4n) is 6.49. The molecule has 210 valence electrons. The number of anilines is 1. The maximum Gasteiger partial charge on any atom is 0.253 e. The predicted molar refractivity (Wildman–Crippen MR) is 156 cm³/mol. The number of nitrogens with zero attached hydrogens (tertiary/aromatic N) is 1. The van der Waals surface area contributed by atoms with E-state index >= 15 is 0 Å². The third-order valence-electron chi connectivity index (χ3n) is 8.56. The van der Waals surface area contributed by atoms with Crippen molar-refractivity contribution in [3.63, 3.8) is 0 Å². The Labute approximate surface area is 234 Å². The van der Waals surface area contributed by atoms with Crippen molar-refractivity contribution in [1.82, 2.24) is 0 Å². The molecule has 4 rings (SSSR count). The van der Waals surface area contributed by atoms with Gasteiger partial charge in [0.15, 0.2) is 5.78 Å². The van der Waals surface area contributed by atoms with Crippen molar-refractivity contribution in [2.75, 3.05) is 18.1 Å². The summed E-state index contributed by atoms with van der Waals surface area (Å²) in [7, 11) is 0. The zero-order chi connectivity index (χ0) is 27.5. The van der Waals surface area contributed by atoms with Crippen LogP contribution < -0.4 is 4.90 Å². The van der Waals surface area contributed by atoms with Crippen LogP contribution in [0.5, 0.6) is 0 Å². The Morgan fingerprint density at radius 1 is 0.974 bits per heavy atom. The second-order valence-corrected chi connectivity index (χ2v) is 11.4. The highest BCUT2D eigenvalue weighted by Gasteiger charge is 2.46. The number of ketones is 1. The molecule has 0 spiro atoms. The minimum atomic E-state index is -0.340. The lowest BCUT2D eigenvalue weighted by Crippen LogP contribution is -2.33. The maximum absolute atomic E-state index is 13.1. The van der Waals surface area contributed by atoms with Gasteiger partial charge in [-0.05, 0) is 73.6 Å². The molecule has 0 aliphatic heterocycles. The van der Waals surface area contributed by atoms with E-state index in [1.165, 1.54) is 12.8 Å². The molecule has 0 bridgehead atoms. The van der Waals surface area contributed by atoms with Crippen LogP contribution in [-0.4, -0.2) is 36.1 Å². The van der Waals surface area contributed by atoms with Gasteiger partial charge in [-0.1, -0.05) is 80.8 Å². The smallest absolute Gasteiger partial charge is 0.253 e. The first-order valence-corrected chi connectivity index (χ1v) is 14.9. The molecule has 2 fully saturated rings. The molecule has 1 N–H and O–H groups in total. The van der Waals surface area contributed by atoms with Gasteiger partial charge in [-0.2, -0.15) is 0 Å². The molecule has 5 atom stereocenters. The van der Waals surface area contributed by atoms with Crippen LogP contribution in [0.2, 0.25) is 0 Å². The minimum Gasteiger partial charge on any atom is -0.392 e. The van der Waals surface area contributed by atoms with Gasteiger partial charge in [-0.3, -0.25) is 9.59 Å². The highest BCUT2D eigenvalue weighted by molar-refractivity contribution is 5.94. The Bertz CT molecular complexity index is 1050. The lowest BCUT2D eigenvalue weighted by molar-refractivity contribution is -0.123. The van der Waals surface area contributed by atoms with Crippen molar-refractivity contribution >= 4 is 17.4 Å². The number of aliphatic hydroxyl groups excluding tert-OH is 1. The van der Waals surface area contributed by atoms with Crippen LogP contribution in [0, 0.1) is 23.7 Å². The first-order chi connectivity index (χ1) is 19.0. The molecular weight excluding hydrogens is 486 g/mol. The van der Waals surface area contributed by atoms with Crippen LogP contribution in [0.15, 0.2) is 72.8 Å². The number of fused-ring (bicyclic) bond motifs is 1. The first-order valence-electron chi connectivity index (χ1n) is 14.9. The van der Waals surface area contributed by atoms with E-state index in [1.807, 2.05) is 66.7 Å². The van der Waals surface area contributed by atoms with Crippen molar-refractivity contribution in [1.29, 1.82) is 0 Å². The van der Waals surface area contributed by atoms with E-state index in [4.69, 9.17) is 4.74 Å². The van der Waals surface area contributed by atoms with Crippen LogP contribution in [0.3, 0.4) is 0 Å². The number of aliphatic hydroxyl groups is 1. The summed E-state index contributed by atoms with van der Waals surface area (Å²) in [4.78, 5) is 27.2. The molecule has 2 aromatic carbocycles. The highest BCUT2D eigenvalue weighted by Crippen LogP contribution is 2.51. The fourth-order valence-corrected chi connectivity index (χ4v) is 6.49. The molecule has 0 saturated heterocycles. The monoisotopic (exact) mass is 531 g/mol. The number of hydrogen-bond donors (Lipinski definition) is 1. The van der Waals surface area contributed by atoms with Crippen LogP contribution in [0.25, 0.3) is 0 Å². The van der Waals surface area contributed by atoms with Crippen molar-refractivity contribution < 1.29 is 19.4 Å². The quantitative estimate of drug-likeness (QED) is 0.204. The number of benzene rings is 2. The molecule has 5 nitrogen and oxygen atoms in total. The van der Waals surface area contributed by atoms with E-state index in [2.05, 4.69) is 6.92 Å². The van der Waals surface area contributed by atoms with Crippen LogP contribution in [0.4, 0.5) is 5.69 Å². The zero-order valence-electron chi connectivity index (χ0n) is 23.4. The topological polar surface area (TPSA) is 66.8 Å². The third kappa shape index (κ3) is 8.61. The summed E-state index contributed by atoms with van der Waals surface area (Å²) in [5.41, 5.74) is 1.95. The van der Waals surface area contributed by atoms with Crippen LogP contribution >= 0.6 is 0 Å². The molecule has 0 aromatic heterocycles. The second kappa shape index (κ2) is 15.1. The van der Waals surface area contributed by atoms with Gasteiger partial charge in [0, 0.05) is 24.6 Å². The van der Waals surface area contributed by atoms with Crippen LogP contribution in [0.1, 0.15) is 70.3 Å². The molecule has 5 heteroatoms. The van der Waals surface area contributed by atoms with Gasteiger partial charge in [-0.25, -0.2) is 0 Å². The minimum absolute atomic E-state index is 0.0407. The van der Waals surface area contributed by atoms with E-state index in [9.17, 15) is 14.7 Å². The summed E-state index contributed by atoms with van der Waals surface area (Å²) in [5, 5.41) is 10.6. The summed E-state index contributed by atoms with van der Waals surface area (Å²) >= 11 is 0. The lowest BCUT2D eigenvalue weighted by Gasteiger charge is -2.23. The Balaban J connectivity index is 1.22. The van der Waals surface area contributed by atoms with Crippen molar-refractivity contribution in [3.8, 4) is 0 Å². The zero-order valence-corrected chi connectivity index (χ0v) is 23.4. The van der Waals surface area contributed by atoms with E-state index < -0.39 is 0 Å². The number of para-hydroxylation sites is 1. The Morgan fingerprint density at radius 2 is 1.72 bits per heavy atom. The number of carbonyl (C=O) groups is 2. The van der Waals surface area contributed by atoms with Crippen LogP contribution in [-0.2, 0) is 20.9 Å². The van der Waals surface area contributed by atoms with Crippen molar-refractivity contribution in [2.45, 2.75) is 77.4 Å². The number of rotatable bonds is 15. The van der Waals surface area contributed by atoms with Crippen molar-refractivity contribution in [2.24, 2.45) is 23.7 Å². The molecular formula is C34H45NO4. The second-order valence-electron chi connectivity index (χ2n) is 11.4. The van der Waals surface area contributed by atoms with Gasteiger partial charge in [-0.15, -0.1) is 0 Å². The largest absolute Gasteiger partial charge is 0.392 e. The van der Waals surface area contributed by atoms with Gasteiger partial charge in [0.25, 0.3) is 5.91 Å². The van der Waals surface area contributed by atoms with Gasteiger partial charge in [0.1, 0.15) is 6.61 Å². The number of hydrogen-bond acceptors (Lipinski definition) is 4. The van der Waals surface area contributed by atoms with Gasteiger partial charge >= 0.3 is 0 Å². The van der Waals surface area contributed by atoms with E-state index in [0.29, 0.717) is 37.3 Å². The van der Waals surface area contributed by atoms with Crippen molar-refractivity contribution in [3.05, 3.63) is 78.4 Å². The predicted octanol–water partition coefficient (Wildman–Crippen LogP) is 6.75. The van der Waals surface area contributed by atoms with Gasteiger partial charge in [0.2, 0.25) is 0 Å². The third-order valence-corrected chi connectivity index (χ3v) is 8.56. The van der Waals surface area contributed by atoms with E-state index in [0.717, 1.165) is 49.8 Å². The molecule has 2 aliphatic carbocycles. The SMILES string of the molecule is CCCCCCC(=O)C=C[C@H]1[C@@H]2CC(CCOCC(=O)N(Cc3ccccc3)c3ccccc3)C[C@H]2C[C@@H]1O. The molecule has 39 heavy (non-hydrogen) atoms. The standard InChI is InChI=1S/C34H45NO4/c1-2-3-4-11-16-30(36)17-18-31-32-22-27(21-28(32)23-33(31)37)19-20-39-25-34(38)35(29-14-9-6-10-15-29)24-26-12-7-5-8-13-26/h5-10,12-15,17-18,27-28,31-33,37H,2-4,11,16,19-25H2,1H3/t27?,28-,31-,32+,33-/m0/s1. The molecule has 0 radical (unpaired) electrons. The Hall–Kier alpha value is -2.76. The molecule has 0 heterocycles. The number of ether oxygens (including phenoxy) is 1. The number of unbranched alkanes of at least 4 members (excludes halogenated alkanes) is 3. The fraction of sp³-hybridized carbons (Fsp3) is 0.529. The van der Waals surface area contributed by atoms with E-state index in [1.54, 1.807) is 11.0 Å². The average molecular weight is 532 g/mol. The number of allylic oxidation sites excluding steroid dienone is 1. The molecule has 2 saturated carbocycles. The lowest BCUT2D eigenvalue weighted by atomic mass is 9.89. The summed E-state index contributed by atoms with van der Waals surface area (Å²) < 4.78 is 5.90. The summed E-state index contributed by atoms with van der Waals surface area (Å²) in [6.45, 7) is 3.30. The molecule has 1 unspecified atom stereocenters. The maximum atomic E-state index is 13.1. The summed E-state index contributed by atoms with van der Waals surface area (Å²) in [6.07, 6.45) is 12.3. The number of carbonyl (C=O) groups excluding carboxylic acids is 2. The molecule has 2 aromatic rings. The van der Waals surface area contributed by atoms with E-state index in [-0.39, 0.29) is 30.3 Å². The average Bonchev–Trinajstić information content (AvgIpc) is 3.48. The normalized spacial score (nSPS) is 24.2. The summed E-state index contributed by atoms with van der Waals surface area (Å²) in [5.74, 6) is 1.72. The number of amides is 1. The molecule has 1 amide bonds.